The van der Waals surface area contributed by atoms with E-state index in [1.165, 1.54) is 16.8 Å². The third kappa shape index (κ3) is 11.0. The summed E-state index contributed by atoms with van der Waals surface area (Å²) in [6.45, 7) is 5.61. The van der Waals surface area contributed by atoms with E-state index < -0.39 is 43.0 Å². The number of aliphatic hydroxyl groups excluding tert-OH is 1. The maximum atomic E-state index is 14.2. The fourth-order valence-corrected chi connectivity index (χ4v) is 5.07. The molecule has 0 spiro atoms. The van der Waals surface area contributed by atoms with Gasteiger partial charge in [0.1, 0.15) is 5.75 Å². The van der Waals surface area contributed by atoms with Crippen LogP contribution in [-0.4, -0.2) is 90.4 Å². The molecule has 2 aromatic rings. The van der Waals surface area contributed by atoms with E-state index in [1.54, 1.807) is 55.5 Å². The molecule has 3 rings (SSSR count). The van der Waals surface area contributed by atoms with Crippen molar-refractivity contribution in [3.8, 4) is 5.75 Å². The van der Waals surface area contributed by atoms with Crippen LogP contribution in [0, 0.1) is 5.92 Å². The van der Waals surface area contributed by atoms with Gasteiger partial charge in [-0.1, -0.05) is 25.1 Å². The first-order valence-electron chi connectivity index (χ1n) is 15.3. The van der Waals surface area contributed by atoms with E-state index in [9.17, 15) is 32.7 Å². The zero-order valence-electron chi connectivity index (χ0n) is 26.3. The van der Waals surface area contributed by atoms with Crippen LogP contribution in [0.2, 0.25) is 0 Å². The summed E-state index contributed by atoms with van der Waals surface area (Å²) in [4.78, 5) is 42.3. The molecule has 9 nitrogen and oxygen atoms in total. The Kier molecular flexibility index (Phi) is 13.2. The summed E-state index contributed by atoms with van der Waals surface area (Å²) in [5, 5.41) is 12.9. The van der Waals surface area contributed by atoms with Gasteiger partial charge in [0.25, 0.3) is 11.8 Å². The Labute approximate surface area is 262 Å². The number of hydrogen-bond acceptors (Lipinski definition) is 6. The number of ether oxygens (including phenoxy) is 2. The number of nitrogens with zero attached hydrogens (tertiary/aromatic N) is 2. The molecule has 0 bridgehead atoms. The topological polar surface area (TPSA) is 108 Å². The summed E-state index contributed by atoms with van der Waals surface area (Å²) >= 11 is 0. The number of fused-ring (bicyclic) bond motifs is 1. The molecule has 1 aliphatic heterocycles. The van der Waals surface area contributed by atoms with Gasteiger partial charge in [0, 0.05) is 50.3 Å². The summed E-state index contributed by atoms with van der Waals surface area (Å²) in [7, 11) is 1.44. The van der Waals surface area contributed by atoms with Gasteiger partial charge in [-0.05, 0) is 63.4 Å². The van der Waals surface area contributed by atoms with Gasteiger partial charge in [0.15, 0.2) is 0 Å². The fraction of sp³-hybridized carbons (Fsp3) is 0.545. The molecular formula is C33H44F3N3O6. The second kappa shape index (κ2) is 16.6. The van der Waals surface area contributed by atoms with Crippen LogP contribution < -0.4 is 10.1 Å². The lowest BCUT2D eigenvalue weighted by molar-refractivity contribution is -0.149. The van der Waals surface area contributed by atoms with E-state index in [0.717, 1.165) is 6.42 Å². The van der Waals surface area contributed by atoms with Crippen LogP contribution in [0.5, 0.6) is 5.75 Å². The average molecular weight is 636 g/mol. The maximum Gasteiger partial charge on any atom is 0.389 e. The molecule has 0 aromatic heterocycles. The highest BCUT2D eigenvalue weighted by Gasteiger charge is 2.32. The van der Waals surface area contributed by atoms with Crippen molar-refractivity contribution in [3.05, 3.63) is 59.7 Å². The lowest BCUT2D eigenvalue weighted by Gasteiger charge is -2.36. The normalized spacial score (nSPS) is 20.8. The Balaban J connectivity index is 1.91. The predicted molar refractivity (Wildman–Crippen MR) is 164 cm³/mol. The molecule has 2 aromatic carbocycles. The maximum absolute atomic E-state index is 14.2. The molecule has 0 saturated carbocycles. The number of hydrogen-bond donors (Lipinski definition) is 2. The molecule has 1 heterocycles. The molecule has 2 N–H and O–H groups in total. The van der Waals surface area contributed by atoms with Crippen LogP contribution in [0.25, 0.3) is 0 Å². The van der Waals surface area contributed by atoms with Crippen LogP contribution in [-0.2, 0) is 9.53 Å². The summed E-state index contributed by atoms with van der Waals surface area (Å²) in [6.07, 6.45) is -5.03. The molecule has 12 heteroatoms. The molecule has 0 radical (unpaired) electrons. The van der Waals surface area contributed by atoms with E-state index in [-0.39, 0.29) is 43.2 Å². The Morgan fingerprint density at radius 1 is 1.13 bits per heavy atom. The van der Waals surface area contributed by atoms with Crippen molar-refractivity contribution >= 4 is 23.4 Å². The van der Waals surface area contributed by atoms with Gasteiger partial charge in [-0.2, -0.15) is 13.2 Å². The van der Waals surface area contributed by atoms with Gasteiger partial charge >= 0.3 is 6.18 Å². The van der Waals surface area contributed by atoms with E-state index in [2.05, 4.69) is 5.32 Å². The third-order valence-corrected chi connectivity index (χ3v) is 7.85. The molecule has 0 fully saturated rings. The number of aliphatic hydroxyl groups is 1. The van der Waals surface area contributed by atoms with Gasteiger partial charge < -0.3 is 29.7 Å². The first kappa shape index (κ1) is 35.8. The number of alkyl halides is 3. The number of carbonyl (C=O) groups excluding carboxylic acids is 3. The van der Waals surface area contributed by atoms with E-state index in [1.807, 2.05) is 13.8 Å². The molecule has 1 aliphatic rings. The number of amides is 3. The molecule has 0 aliphatic carbocycles. The first-order chi connectivity index (χ1) is 21.3. The molecule has 0 unspecified atom stereocenters. The number of nitrogens with one attached hydrogen (secondary N) is 1. The summed E-state index contributed by atoms with van der Waals surface area (Å²) in [5.41, 5.74) is 1.04. The van der Waals surface area contributed by atoms with E-state index in [0.29, 0.717) is 36.4 Å². The molecule has 4 atom stereocenters. The Morgan fingerprint density at radius 2 is 1.84 bits per heavy atom. The monoisotopic (exact) mass is 635 g/mol. The van der Waals surface area contributed by atoms with Gasteiger partial charge in [-0.15, -0.1) is 0 Å². The molecule has 3 amide bonds. The highest BCUT2D eigenvalue weighted by Crippen LogP contribution is 2.29. The second-order valence-electron chi connectivity index (χ2n) is 11.7. The Bertz CT molecular complexity index is 1280. The molecular weight excluding hydrogens is 591 g/mol. The lowest BCUT2D eigenvalue weighted by Crippen LogP contribution is -2.48. The van der Waals surface area contributed by atoms with Crippen LogP contribution in [0.1, 0.15) is 73.6 Å². The first-order valence-corrected chi connectivity index (χ1v) is 15.3. The van der Waals surface area contributed by atoms with Crippen molar-refractivity contribution in [2.75, 3.05) is 38.7 Å². The Hall–Kier alpha value is -3.64. The summed E-state index contributed by atoms with van der Waals surface area (Å²) in [5.74, 6) is -1.46. The quantitative estimate of drug-likeness (QED) is 0.395. The largest absolute Gasteiger partial charge is 0.490 e. The summed E-state index contributed by atoms with van der Waals surface area (Å²) < 4.78 is 50.5. The molecule has 248 valence electrons. The van der Waals surface area contributed by atoms with E-state index in [4.69, 9.17) is 9.47 Å². The fourth-order valence-electron chi connectivity index (χ4n) is 5.07. The van der Waals surface area contributed by atoms with Crippen molar-refractivity contribution in [2.45, 2.75) is 77.3 Å². The molecule has 0 saturated heterocycles. The number of halogens is 3. The number of benzene rings is 2. The van der Waals surface area contributed by atoms with Crippen LogP contribution in [0.4, 0.5) is 18.9 Å². The van der Waals surface area contributed by atoms with Crippen molar-refractivity contribution in [1.29, 1.82) is 0 Å². The zero-order valence-corrected chi connectivity index (χ0v) is 26.3. The minimum absolute atomic E-state index is 0.0408. The SMILES string of the molecule is C[C@H](CO)N1C[C@H](C)[C@@H](CN(C)C(=O)CCC(F)(F)F)OCCCC[C@H](C)Oc2ccc(NC(=O)c3ccccc3)cc2C1=O. The van der Waals surface area contributed by atoms with Gasteiger partial charge in [-0.25, -0.2) is 0 Å². The van der Waals surface area contributed by atoms with Crippen LogP contribution in [0.15, 0.2) is 48.5 Å². The van der Waals surface area contributed by atoms with Crippen molar-refractivity contribution < 1.29 is 42.1 Å². The van der Waals surface area contributed by atoms with Crippen molar-refractivity contribution in [3.63, 3.8) is 0 Å². The minimum atomic E-state index is -4.44. The van der Waals surface area contributed by atoms with Gasteiger partial charge in [0.05, 0.1) is 36.8 Å². The van der Waals surface area contributed by atoms with Crippen molar-refractivity contribution in [1.82, 2.24) is 9.80 Å². The second-order valence-corrected chi connectivity index (χ2v) is 11.7. The number of anilines is 1. The average Bonchev–Trinajstić information content (AvgIpc) is 3.01. The van der Waals surface area contributed by atoms with Gasteiger partial charge in [-0.3, -0.25) is 14.4 Å². The zero-order chi connectivity index (χ0) is 33.1. The van der Waals surface area contributed by atoms with Crippen molar-refractivity contribution in [2.24, 2.45) is 5.92 Å². The summed E-state index contributed by atoms with van der Waals surface area (Å²) in [6, 6.07) is 12.9. The van der Waals surface area contributed by atoms with Crippen LogP contribution in [0.3, 0.4) is 0 Å². The minimum Gasteiger partial charge on any atom is -0.490 e. The smallest absolute Gasteiger partial charge is 0.389 e. The van der Waals surface area contributed by atoms with Gasteiger partial charge in [0.2, 0.25) is 5.91 Å². The highest BCUT2D eigenvalue weighted by molar-refractivity contribution is 6.05. The lowest BCUT2D eigenvalue weighted by atomic mass is 10.0. The predicted octanol–water partition coefficient (Wildman–Crippen LogP) is 5.54. The van der Waals surface area contributed by atoms with Crippen LogP contribution >= 0.6 is 0 Å². The Morgan fingerprint density at radius 3 is 2.51 bits per heavy atom. The molecule has 45 heavy (non-hydrogen) atoms. The third-order valence-electron chi connectivity index (χ3n) is 7.85. The highest BCUT2D eigenvalue weighted by atomic mass is 19.4. The number of carbonyl (C=O) groups is 3. The van der Waals surface area contributed by atoms with E-state index >= 15 is 0 Å². The standard InChI is InChI=1S/C33H44F3N3O6/c1-22-19-39(23(2)21-40)32(43)27-18-26(37-31(42)25-11-6-5-7-12-25)13-14-28(27)45-24(3)10-8-9-17-44-29(22)20-38(4)30(41)15-16-33(34,35)36/h5-7,11-14,18,22-24,29,40H,8-10,15-17,19-21H2,1-4H3,(H,37,42)/t22-,23+,24-,29+/m0/s1. The number of rotatable bonds is 8. The number of likely N-dealkylation sites (N-methyl/N-ethyl adjacent to an activating group) is 1.